The van der Waals surface area contributed by atoms with E-state index in [9.17, 15) is 14.4 Å². The summed E-state index contributed by atoms with van der Waals surface area (Å²) in [7, 11) is 0. The number of amides is 1. The van der Waals surface area contributed by atoms with E-state index in [1.807, 2.05) is 26.8 Å². The molecular weight excluding hydrogens is 254 g/mol. The van der Waals surface area contributed by atoms with Gasteiger partial charge in [0.2, 0.25) is 0 Å². The predicted octanol–water partition coefficient (Wildman–Crippen LogP) is 2.59. The van der Waals surface area contributed by atoms with Gasteiger partial charge in [-0.3, -0.25) is 14.4 Å². The molecule has 1 amide bonds. The quantitative estimate of drug-likeness (QED) is 0.775. The summed E-state index contributed by atoms with van der Waals surface area (Å²) in [6.45, 7) is 6.13. The van der Waals surface area contributed by atoms with Crippen molar-refractivity contribution in [3.8, 4) is 0 Å². The third kappa shape index (κ3) is 2.38. The fourth-order valence-electron chi connectivity index (χ4n) is 2.50. The summed E-state index contributed by atoms with van der Waals surface area (Å²) in [4.78, 5) is 36.9. The molecule has 0 atom stereocenters. The van der Waals surface area contributed by atoms with Crippen LogP contribution in [0.3, 0.4) is 0 Å². The van der Waals surface area contributed by atoms with E-state index < -0.39 is 11.7 Å². The van der Waals surface area contributed by atoms with E-state index in [0.29, 0.717) is 31.4 Å². The van der Waals surface area contributed by atoms with Crippen LogP contribution < -0.4 is 4.90 Å². The maximum Gasteiger partial charge on any atom is 0.299 e. The zero-order valence-electron chi connectivity index (χ0n) is 12.2. The van der Waals surface area contributed by atoms with Crippen molar-refractivity contribution in [1.29, 1.82) is 0 Å². The maximum absolute atomic E-state index is 12.1. The Bertz CT molecular complexity index is 590. The van der Waals surface area contributed by atoms with Gasteiger partial charge in [-0.2, -0.15) is 0 Å². The highest BCUT2D eigenvalue weighted by Crippen LogP contribution is 2.34. The Kier molecular flexibility index (Phi) is 4.02. The third-order valence-corrected chi connectivity index (χ3v) is 3.89. The molecule has 0 unspecified atom stereocenters. The van der Waals surface area contributed by atoms with Crippen LogP contribution in [0.5, 0.6) is 0 Å². The van der Waals surface area contributed by atoms with Crippen LogP contribution >= 0.6 is 0 Å². The zero-order valence-corrected chi connectivity index (χ0v) is 12.2. The lowest BCUT2D eigenvalue weighted by Crippen LogP contribution is -2.31. The standard InChI is InChI=1S/C16H19NO3/c1-4-12(18)6-5-9-17-14-11(3)10(2)7-8-13(14)15(19)16(17)20/h7-8H,4-6,9H2,1-3H3. The normalized spacial score (nSPS) is 13.8. The zero-order chi connectivity index (χ0) is 14.9. The minimum Gasteiger partial charge on any atom is -0.304 e. The Balaban J connectivity index is 2.24. The topological polar surface area (TPSA) is 54.5 Å². The van der Waals surface area contributed by atoms with Crippen molar-refractivity contribution in [1.82, 2.24) is 0 Å². The average Bonchev–Trinajstić information content (AvgIpc) is 2.68. The summed E-state index contributed by atoms with van der Waals surface area (Å²) >= 11 is 0. The van der Waals surface area contributed by atoms with Crippen molar-refractivity contribution in [3.05, 3.63) is 28.8 Å². The van der Waals surface area contributed by atoms with E-state index in [2.05, 4.69) is 0 Å². The fourth-order valence-corrected chi connectivity index (χ4v) is 2.50. The van der Waals surface area contributed by atoms with Crippen molar-refractivity contribution < 1.29 is 14.4 Å². The first-order valence-corrected chi connectivity index (χ1v) is 6.95. The van der Waals surface area contributed by atoms with Crippen LogP contribution in [0.25, 0.3) is 0 Å². The van der Waals surface area contributed by atoms with E-state index >= 15 is 0 Å². The first-order valence-electron chi connectivity index (χ1n) is 6.95. The number of rotatable bonds is 5. The van der Waals surface area contributed by atoms with Crippen molar-refractivity contribution in [2.75, 3.05) is 11.4 Å². The van der Waals surface area contributed by atoms with Gasteiger partial charge in [0.15, 0.2) is 0 Å². The molecule has 0 bridgehead atoms. The fraction of sp³-hybridized carbons (Fsp3) is 0.438. The SMILES string of the molecule is CCC(=O)CCCN1C(=O)C(=O)c2ccc(C)c(C)c21. The van der Waals surface area contributed by atoms with E-state index in [4.69, 9.17) is 0 Å². The van der Waals surface area contributed by atoms with E-state index in [1.165, 1.54) is 4.90 Å². The molecule has 20 heavy (non-hydrogen) atoms. The molecule has 0 fully saturated rings. The van der Waals surface area contributed by atoms with Crippen LogP contribution in [0.15, 0.2) is 12.1 Å². The van der Waals surface area contributed by atoms with Crippen LogP contribution in [0.4, 0.5) is 5.69 Å². The molecule has 0 spiro atoms. The Morgan fingerprint density at radius 3 is 2.55 bits per heavy atom. The molecule has 0 N–H and O–H groups in total. The van der Waals surface area contributed by atoms with Crippen molar-refractivity contribution in [2.24, 2.45) is 0 Å². The van der Waals surface area contributed by atoms with Crippen LogP contribution in [-0.4, -0.2) is 24.0 Å². The first kappa shape index (κ1) is 14.4. The van der Waals surface area contributed by atoms with Gasteiger partial charge in [-0.25, -0.2) is 0 Å². The average molecular weight is 273 g/mol. The molecule has 0 saturated carbocycles. The molecule has 0 saturated heterocycles. The van der Waals surface area contributed by atoms with Gasteiger partial charge in [-0.05, 0) is 37.5 Å². The number of hydrogen-bond donors (Lipinski definition) is 0. The van der Waals surface area contributed by atoms with Crippen LogP contribution in [0, 0.1) is 13.8 Å². The van der Waals surface area contributed by atoms with Crippen molar-refractivity contribution >= 4 is 23.2 Å². The summed E-state index contributed by atoms with van der Waals surface area (Å²) in [5.74, 6) is -0.730. The lowest BCUT2D eigenvalue weighted by molar-refractivity contribution is -0.119. The predicted molar refractivity (Wildman–Crippen MR) is 77.1 cm³/mol. The smallest absolute Gasteiger partial charge is 0.299 e. The molecule has 1 aromatic carbocycles. The van der Waals surface area contributed by atoms with E-state index in [0.717, 1.165) is 16.8 Å². The molecule has 1 aliphatic rings. The molecule has 106 valence electrons. The number of nitrogens with zero attached hydrogens (tertiary/aromatic N) is 1. The van der Waals surface area contributed by atoms with Gasteiger partial charge in [-0.1, -0.05) is 13.0 Å². The first-order chi connectivity index (χ1) is 9.47. The minimum absolute atomic E-state index is 0.184. The van der Waals surface area contributed by atoms with Crippen LogP contribution in [-0.2, 0) is 9.59 Å². The van der Waals surface area contributed by atoms with Crippen molar-refractivity contribution in [2.45, 2.75) is 40.0 Å². The van der Waals surface area contributed by atoms with E-state index in [1.54, 1.807) is 6.07 Å². The molecule has 0 radical (unpaired) electrons. The molecule has 1 aliphatic heterocycles. The number of ketones is 2. The molecule has 0 aromatic heterocycles. The Hall–Kier alpha value is -1.97. The van der Waals surface area contributed by atoms with Gasteiger partial charge >= 0.3 is 0 Å². The second-order valence-corrected chi connectivity index (χ2v) is 5.19. The monoisotopic (exact) mass is 273 g/mol. The second kappa shape index (κ2) is 5.57. The summed E-state index contributed by atoms with van der Waals surface area (Å²) in [6, 6.07) is 3.58. The summed E-state index contributed by atoms with van der Waals surface area (Å²) in [5, 5.41) is 0. The molecule has 2 rings (SSSR count). The van der Waals surface area contributed by atoms with Gasteiger partial charge in [0.1, 0.15) is 5.78 Å². The number of carbonyl (C=O) groups is 3. The summed E-state index contributed by atoms with van der Waals surface area (Å²) in [6.07, 6.45) is 1.56. The highest BCUT2D eigenvalue weighted by Gasteiger charge is 2.36. The van der Waals surface area contributed by atoms with Crippen LogP contribution in [0.2, 0.25) is 0 Å². The largest absolute Gasteiger partial charge is 0.304 e. The highest BCUT2D eigenvalue weighted by atomic mass is 16.2. The lowest BCUT2D eigenvalue weighted by Gasteiger charge is -2.19. The summed E-state index contributed by atoms with van der Waals surface area (Å²) in [5.41, 5.74) is 3.23. The highest BCUT2D eigenvalue weighted by molar-refractivity contribution is 6.52. The number of aryl methyl sites for hydroxylation is 1. The molecule has 1 aromatic rings. The number of fused-ring (bicyclic) bond motifs is 1. The van der Waals surface area contributed by atoms with Gasteiger partial charge in [0.25, 0.3) is 11.7 Å². The molecule has 4 heteroatoms. The van der Waals surface area contributed by atoms with Crippen LogP contribution in [0.1, 0.15) is 47.7 Å². The number of benzene rings is 1. The summed E-state index contributed by atoms with van der Waals surface area (Å²) < 4.78 is 0. The molecular formula is C16H19NO3. The maximum atomic E-state index is 12.1. The number of hydrogen-bond acceptors (Lipinski definition) is 3. The van der Waals surface area contributed by atoms with Gasteiger partial charge < -0.3 is 4.90 Å². The molecule has 0 aliphatic carbocycles. The minimum atomic E-state index is -0.474. The number of Topliss-reactive ketones (excluding diaryl/α,β-unsaturated/α-hetero) is 2. The van der Waals surface area contributed by atoms with Gasteiger partial charge in [0.05, 0.1) is 11.3 Å². The lowest BCUT2D eigenvalue weighted by atomic mass is 10.0. The van der Waals surface area contributed by atoms with Gasteiger partial charge in [-0.15, -0.1) is 0 Å². The molecule has 1 heterocycles. The molecule has 4 nitrogen and oxygen atoms in total. The third-order valence-electron chi connectivity index (χ3n) is 3.89. The second-order valence-electron chi connectivity index (χ2n) is 5.19. The van der Waals surface area contributed by atoms with Gasteiger partial charge in [0, 0.05) is 19.4 Å². The number of carbonyl (C=O) groups excluding carboxylic acids is 3. The van der Waals surface area contributed by atoms with Crippen molar-refractivity contribution in [3.63, 3.8) is 0 Å². The number of anilines is 1. The Morgan fingerprint density at radius 2 is 1.90 bits per heavy atom. The Morgan fingerprint density at radius 1 is 1.20 bits per heavy atom. The van der Waals surface area contributed by atoms with E-state index in [-0.39, 0.29) is 5.78 Å². The Labute approximate surface area is 118 Å².